The lowest BCUT2D eigenvalue weighted by Crippen LogP contribution is -2.38. The molecule has 26 heavy (non-hydrogen) atoms. The van der Waals surface area contributed by atoms with Crippen molar-refractivity contribution in [1.82, 2.24) is 14.9 Å². The van der Waals surface area contributed by atoms with E-state index in [1.807, 2.05) is 0 Å². The van der Waals surface area contributed by atoms with Crippen LogP contribution in [0, 0.1) is 0 Å². The first kappa shape index (κ1) is 19.5. The Morgan fingerprint density at radius 2 is 2.08 bits per heavy atom. The molecule has 3 rings (SSSR count). The average molecular weight is 359 g/mol. The van der Waals surface area contributed by atoms with Crippen molar-refractivity contribution in [1.29, 1.82) is 0 Å². The van der Waals surface area contributed by atoms with E-state index < -0.39 is 0 Å². The topological polar surface area (TPSA) is 114 Å². The largest absolute Gasteiger partial charge is 0.483 e. The number of ether oxygens (including phenoxy) is 1. The molecule has 0 saturated heterocycles. The number of hydrogen-bond acceptors (Lipinski definition) is 7. The van der Waals surface area contributed by atoms with Crippen LogP contribution in [0.5, 0.6) is 5.88 Å². The highest BCUT2D eigenvalue weighted by Gasteiger charge is 2.18. The number of nitrogens with zero attached hydrogens (tertiary/aromatic N) is 3. The SMILES string of the molecule is COc1cc(NC(C)CN2CCc3ccccc3C2)nc(N)n1.O=CO. The van der Waals surface area contributed by atoms with Crippen molar-refractivity contribution >= 4 is 18.2 Å². The molecular weight excluding hydrogens is 334 g/mol. The van der Waals surface area contributed by atoms with E-state index in [-0.39, 0.29) is 18.5 Å². The summed E-state index contributed by atoms with van der Waals surface area (Å²) in [5.74, 6) is 1.38. The van der Waals surface area contributed by atoms with Crippen LogP contribution in [0.15, 0.2) is 30.3 Å². The molecule has 2 heterocycles. The number of rotatable bonds is 5. The smallest absolute Gasteiger partial charge is 0.290 e. The van der Waals surface area contributed by atoms with Gasteiger partial charge in [0.25, 0.3) is 6.47 Å². The Labute approximate surface area is 153 Å². The van der Waals surface area contributed by atoms with Crippen LogP contribution >= 0.6 is 0 Å². The van der Waals surface area contributed by atoms with Crippen LogP contribution in [0.3, 0.4) is 0 Å². The fourth-order valence-electron chi connectivity index (χ4n) is 3.02. The molecule has 1 aliphatic rings. The van der Waals surface area contributed by atoms with E-state index in [2.05, 4.69) is 51.4 Å². The van der Waals surface area contributed by atoms with E-state index in [0.717, 1.165) is 26.1 Å². The summed E-state index contributed by atoms with van der Waals surface area (Å²) in [6.45, 7) is 4.92. The van der Waals surface area contributed by atoms with Gasteiger partial charge < -0.3 is 20.9 Å². The molecule has 0 spiro atoms. The van der Waals surface area contributed by atoms with Gasteiger partial charge in [-0.15, -0.1) is 0 Å². The normalized spacial score (nSPS) is 14.4. The van der Waals surface area contributed by atoms with Gasteiger partial charge in [-0.05, 0) is 24.5 Å². The third-order valence-corrected chi connectivity index (χ3v) is 4.07. The second-order valence-corrected chi connectivity index (χ2v) is 6.06. The zero-order valence-corrected chi connectivity index (χ0v) is 15.1. The van der Waals surface area contributed by atoms with Gasteiger partial charge in [0.1, 0.15) is 5.82 Å². The predicted molar refractivity (Wildman–Crippen MR) is 100 cm³/mol. The first-order valence-corrected chi connectivity index (χ1v) is 8.37. The van der Waals surface area contributed by atoms with Crippen molar-refractivity contribution in [2.75, 3.05) is 31.2 Å². The number of benzene rings is 1. The molecule has 8 nitrogen and oxygen atoms in total. The zero-order chi connectivity index (χ0) is 18.9. The Kier molecular flexibility index (Phi) is 7.16. The van der Waals surface area contributed by atoms with E-state index in [1.54, 1.807) is 13.2 Å². The van der Waals surface area contributed by atoms with Gasteiger partial charge in [-0.25, -0.2) is 0 Å². The number of hydrogen-bond donors (Lipinski definition) is 3. The van der Waals surface area contributed by atoms with Gasteiger partial charge >= 0.3 is 0 Å². The molecule has 140 valence electrons. The highest BCUT2D eigenvalue weighted by molar-refractivity contribution is 5.43. The van der Waals surface area contributed by atoms with Crippen molar-refractivity contribution in [3.8, 4) is 5.88 Å². The number of anilines is 2. The molecule has 1 unspecified atom stereocenters. The summed E-state index contributed by atoms with van der Waals surface area (Å²) in [5, 5.41) is 10.3. The summed E-state index contributed by atoms with van der Waals surface area (Å²) in [6, 6.07) is 10.7. The summed E-state index contributed by atoms with van der Waals surface area (Å²) >= 11 is 0. The number of aromatic nitrogens is 2. The van der Waals surface area contributed by atoms with Crippen LogP contribution in [0.4, 0.5) is 11.8 Å². The monoisotopic (exact) mass is 359 g/mol. The Morgan fingerprint density at radius 3 is 2.77 bits per heavy atom. The molecule has 1 aromatic carbocycles. The van der Waals surface area contributed by atoms with E-state index in [1.165, 1.54) is 11.1 Å². The lowest BCUT2D eigenvalue weighted by atomic mass is 10.00. The molecule has 1 atom stereocenters. The molecule has 1 aromatic heterocycles. The molecule has 0 amide bonds. The molecule has 8 heteroatoms. The maximum atomic E-state index is 8.36. The van der Waals surface area contributed by atoms with E-state index in [0.29, 0.717) is 11.7 Å². The standard InChI is InChI=1S/C17H23N5O.CH2O2/c1-12(19-15-9-16(23-2)21-17(18)20-15)10-22-8-7-13-5-3-4-6-14(13)11-22;2-1-3/h3-6,9,12H,7-8,10-11H2,1-2H3,(H3,18,19,20,21);1H,(H,2,3). The van der Waals surface area contributed by atoms with Gasteiger partial charge in [-0.2, -0.15) is 9.97 Å². The first-order chi connectivity index (χ1) is 12.5. The van der Waals surface area contributed by atoms with Crippen LogP contribution in [0.2, 0.25) is 0 Å². The lowest BCUT2D eigenvalue weighted by Gasteiger charge is -2.31. The highest BCUT2D eigenvalue weighted by Crippen LogP contribution is 2.19. The van der Waals surface area contributed by atoms with Gasteiger partial charge in [-0.3, -0.25) is 9.69 Å². The van der Waals surface area contributed by atoms with Gasteiger partial charge in [0.05, 0.1) is 7.11 Å². The molecule has 2 aromatic rings. The molecule has 1 aliphatic heterocycles. The molecule has 0 saturated carbocycles. The van der Waals surface area contributed by atoms with Crippen molar-refractivity contribution in [2.45, 2.75) is 25.9 Å². The third kappa shape index (κ3) is 5.59. The zero-order valence-electron chi connectivity index (χ0n) is 15.1. The summed E-state index contributed by atoms with van der Waals surface area (Å²) in [7, 11) is 1.57. The Hall–Kier alpha value is -2.87. The van der Waals surface area contributed by atoms with Crippen LogP contribution in [0.1, 0.15) is 18.1 Å². The fourth-order valence-corrected chi connectivity index (χ4v) is 3.02. The Balaban J connectivity index is 0.000000758. The number of fused-ring (bicyclic) bond motifs is 1. The number of methoxy groups -OCH3 is 1. The number of nitrogens with two attached hydrogens (primary N) is 1. The van der Waals surface area contributed by atoms with Gasteiger partial charge in [-0.1, -0.05) is 24.3 Å². The maximum absolute atomic E-state index is 8.36. The quantitative estimate of drug-likeness (QED) is 0.690. The predicted octanol–water partition coefficient (Wildman–Crippen LogP) is 1.63. The lowest BCUT2D eigenvalue weighted by molar-refractivity contribution is -0.122. The fraction of sp³-hybridized carbons (Fsp3) is 0.389. The maximum Gasteiger partial charge on any atom is 0.290 e. The Morgan fingerprint density at radius 1 is 1.38 bits per heavy atom. The van der Waals surface area contributed by atoms with Gasteiger partial charge in [0.15, 0.2) is 0 Å². The van der Waals surface area contributed by atoms with Gasteiger partial charge in [0.2, 0.25) is 11.8 Å². The molecule has 0 fully saturated rings. The molecule has 0 radical (unpaired) electrons. The van der Waals surface area contributed by atoms with Crippen LogP contribution in [0.25, 0.3) is 0 Å². The minimum atomic E-state index is -0.250. The number of carbonyl (C=O) groups is 1. The van der Waals surface area contributed by atoms with E-state index >= 15 is 0 Å². The molecule has 0 bridgehead atoms. The average Bonchev–Trinajstić information content (AvgIpc) is 2.61. The second kappa shape index (κ2) is 9.57. The number of nitrogens with one attached hydrogen (secondary N) is 1. The Bertz CT molecular complexity index is 726. The summed E-state index contributed by atoms with van der Waals surface area (Å²) in [6.07, 6.45) is 1.11. The minimum absolute atomic E-state index is 0.214. The van der Waals surface area contributed by atoms with Crippen LogP contribution in [-0.4, -0.2) is 52.7 Å². The summed E-state index contributed by atoms with van der Waals surface area (Å²) in [4.78, 5) is 19.0. The number of carboxylic acid groups (broad SMARTS) is 1. The highest BCUT2D eigenvalue weighted by atomic mass is 16.5. The molecule has 4 N–H and O–H groups in total. The van der Waals surface area contributed by atoms with Crippen molar-refractivity contribution in [3.05, 3.63) is 41.5 Å². The first-order valence-electron chi connectivity index (χ1n) is 8.37. The van der Waals surface area contributed by atoms with Crippen molar-refractivity contribution in [3.63, 3.8) is 0 Å². The summed E-state index contributed by atoms with van der Waals surface area (Å²) in [5.41, 5.74) is 8.60. The van der Waals surface area contributed by atoms with Crippen LogP contribution < -0.4 is 15.8 Å². The molecule has 0 aliphatic carbocycles. The van der Waals surface area contributed by atoms with Crippen LogP contribution in [-0.2, 0) is 17.8 Å². The van der Waals surface area contributed by atoms with E-state index in [9.17, 15) is 0 Å². The van der Waals surface area contributed by atoms with Gasteiger partial charge in [0, 0.05) is 31.7 Å². The van der Waals surface area contributed by atoms with E-state index in [4.69, 9.17) is 20.4 Å². The molecular formula is C18H25N5O3. The summed E-state index contributed by atoms with van der Waals surface area (Å²) < 4.78 is 5.12. The second-order valence-electron chi connectivity index (χ2n) is 6.06. The third-order valence-electron chi connectivity index (χ3n) is 4.07. The van der Waals surface area contributed by atoms with Crippen molar-refractivity contribution < 1.29 is 14.6 Å². The van der Waals surface area contributed by atoms with Crippen molar-refractivity contribution in [2.24, 2.45) is 0 Å². The number of nitrogen functional groups attached to an aromatic ring is 1. The minimum Gasteiger partial charge on any atom is -0.483 e.